The van der Waals surface area contributed by atoms with E-state index in [9.17, 15) is 8.78 Å². The largest absolute Gasteiger partial charge is 0.345 e. The molecule has 1 spiro atoms. The summed E-state index contributed by atoms with van der Waals surface area (Å²) >= 11 is 0. The Morgan fingerprint density at radius 1 is 1.27 bits per heavy atom. The molecule has 0 N–H and O–H groups in total. The number of nitrogens with zero attached hydrogens (tertiary/aromatic N) is 1. The first-order valence-corrected chi connectivity index (χ1v) is 5.48. The second-order valence-corrected chi connectivity index (χ2v) is 4.13. The Bertz CT molecular complexity index is 229. The van der Waals surface area contributed by atoms with E-state index in [-0.39, 0.29) is 13.0 Å². The van der Waals surface area contributed by atoms with Crippen LogP contribution in [0.3, 0.4) is 0 Å². The lowest BCUT2D eigenvalue weighted by Gasteiger charge is -2.47. The van der Waals surface area contributed by atoms with Crippen molar-refractivity contribution in [3.8, 4) is 0 Å². The highest BCUT2D eigenvalue weighted by atomic mass is 19.3. The second kappa shape index (κ2) is 3.96. The first-order valence-electron chi connectivity index (χ1n) is 5.48. The summed E-state index contributed by atoms with van der Waals surface area (Å²) in [6, 6.07) is 0. The topological polar surface area (TPSA) is 21.7 Å². The smallest absolute Gasteiger partial charge is 0.313 e. The third-order valence-electron chi connectivity index (χ3n) is 3.14. The van der Waals surface area contributed by atoms with Gasteiger partial charge in [-0.05, 0) is 13.0 Å². The molecule has 0 aliphatic carbocycles. The van der Waals surface area contributed by atoms with E-state index in [4.69, 9.17) is 9.47 Å². The maximum atomic E-state index is 13.9. The van der Waals surface area contributed by atoms with Crippen LogP contribution >= 0.6 is 0 Å². The average molecular weight is 221 g/mol. The predicted octanol–water partition coefficient (Wildman–Crippen LogP) is 1.48. The summed E-state index contributed by atoms with van der Waals surface area (Å²) in [6.45, 7) is 3.64. The molecule has 88 valence electrons. The lowest BCUT2D eigenvalue weighted by Crippen LogP contribution is -2.64. The fourth-order valence-corrected chi connectivity index (χ4v) is 2.17. The van der Waals surface area contributed by atoms with E-state index in [0.717, 1.165) is 0 Å². The van der Waals surface area contributed by atoms with Gasteiger partial charge in [0.1, 0.15) is 0 Å². The average Bonchev–Trinajstić information content (AvgIpc) is 2.24. The Hall–Kier alpha value is -0.260. The zero-order valence-electron chi connectivity index (χ0n) is 8.97. The third-order valence-corrected chi connectivity index (χ3v) is 3.14. The van der Waals surface area contributed by atoms with Crippen LogP contribution in [0.4, 0.5) is 8.78 Å². The van der Waals surface area contributed by atoms with Crippen molar-refractivity contribution in [2.75, 3.05) is 32.8 Å². The zero-order chi connectivity index (χ0) is 10.9. The number of rotatable bonds is 1. The molecular weight excluding hydrogens is 204 g/mol. The second-order valence-electron chi connectivity index (χ2n) is 4.13. The molecule has 2 heterocycles. The lowest BCUT2D eigenvalue weighted by molar-refractivity contribution is -0.373. The van der Waals surface area contributed by atoms with E-state index in [1.165, 1.54) is 0 Å². The van der Waals surface area contributed by atoms with Crippen LogP contribution in [0.2, 0.25) is 0 Å². The summed E-state index contributed by atoms with van der Waals surface area (Å²) in [6.07, 6.45) is 0.961. The van der Waals surface area contributed by atoms with Crippen molar-refractivity contribution in [3.05, 3.63) is 0 Å². The Kier molecular flexibility index (Phi) is 2.96. The quantitative estimate of drug-likeness (QED) is 0.669. The molecule has 3 nitrogen and oxygen atoms in total. The summed E-state index contributed by atoms with van der Waals surface area (Å²) in [7, 11) is 0. The van der Waals surface area contributed by atoms with Crippen molar-refractivity contribution < 1.29 is 18.3 Å². The molecule has 0 bridgehead atoms. The predicted molar refractivity (Wildman–Crippen MR) is 50.9 cm³/mol. The van der Waals surface area contributed by atoms with Crippen LogP contribution in [-0.4, -0.2) is 49.5 Å². The first kappa shape index (κ1) is 11.2. The molecule has 0 unspecified atom stereocenters. The standard InChI is InChI=1S/C10H17F2NO2/c1-2-13-5-4-10(9(11,12)8-13)14-6-3-7-15-10/h2-8H2,1H3. The first-order chi connectivity index (χ1) is 7.10. The van der Waals surface area contributed by atoms with Crippen LogP contribution in [0.1, 0.15) is 19.8 Å². The fraction of sp³-hybridized carbons (Fsp3) is 1.00. The van der Waals surface area contributed by atoms with Gasteiger partial charge in [-0.25, -0.2) is 0 Å². The molecule has 15 heavy (non-hydrogen) atoms. The van der Waals surface area contributed by atoms with Gasteiger partial charge in [0.25, 0.3) is 0 Å². The highest BCUT2D eigenvalue weighted by Crippen LogP contribution is 2.41. The van der Waals surface area contributed by atoms with Crippen LogP contribution in [0, 0.1) is 0 Å². The molecule has 2 aliphatic rings. The number of halogens is 2. The summed E-state index contributed by atoms with van der Waals surface area (Å²) < 4.78 is 38.2. The maximum Gasteiger partial charge on any atom is 0.313 e. The minimum absolute atomic E-state index is 0.258. The molecule has 2 aliphatic heterocycles. The monoisotopic (exact) mass is 221 g/mol. The van der Waals surface area contributed by atoms with Crippen LogP contribution in [0.25, 0.3) is 0 Å². The molecule has 0 saturated carbocycles. The number of hydrogen-bond acceptors (Lipinski definition) is 3. The molecule has 2 saturated heterocycles. The van der Waals surface area contributed by atoms with Gasteiger partial charge in [0.05, 0.1) is 19.8 Å². The van der Waals surface area contributed by atoms with E-state index < -0.39 is 11.7 Å². The number of ether oxygens (including phenoxy) is 2. The summed E-state index contributed by atoms with van der Waals surface area (Å²) in [5.41, 5.74) is 0. The van der Waals surface area contributed by atoms with Crippen molar-refractivity contribution in [1.82, 2.24) is 4.90 Å². The summed E-state index contributed by atoms with van der Waals surface area (Å²) in [5.74, 6) is -4.54. The molecule has 0 aromatic rings. The van der Waals surface area contributed by atoms with E-state index in [1.54, 1.807) is 4.90 Å². The zero-order valence-corrected chi connectivity index (χ0v) is 8.97. The van der Waals surface area contributed by atoms with Crippen LogP contribution in [0.5, 0.6) is 0 Å². The Morgan fingerprint density at radius 2 is 1.93 bits per heavy atom. The lowest BCUT2D eigenvalue weighted by atomic mass is 9.98. The molecule has 2 fully saturated rings. The van der Waals surface area contributed by atoms with Gasteiger partial charge in [-0.2, -0.15) is 8.78 Å². The Morgan fingerprint density at radius 3 is 2.47 bits per heavy atom. The number of likely N-dealkylation sites (tertiary alicyclic amines) is 1. The molecular formula is C10H17F2NO2. The summed E-state index contributed by atoms with van der Waals surface area (Å²) in [4.78, 5) is 1.73. The third kappa shape index (κ3) is 1.88. The van der Waals surface area contributed by atoms with Crippen molar-refractivity contribution >= 4 is 0 Å². The van der Waals surface area contributed by atoms with Gasteiger partial charge in [0, 0.05) is 13.0 Å². The van der Waals surface area contributed by atoms with Crippen LogP contribution in [-0.2, 0) is 9.47 Å². The van der Waals surface area contributed by atoms with Gasteiger partial charge in [-0.3, -0.25) is 4.90 Å². The molecule has 0 amide bonds. The molecule has 5 heteroatoms. The van der Waals surface area contributed by atoms with Gasteiger partial charge in [0.2, 0.25) is 5.79 Å². The van der Waals surface area contributed by atoms with Crippen molar-refractivity contribution in [1.29, 1.82) is 0 Å². The molecule has 0 aromatic heterocycles. The minimum atomic E-state index is -2.90. The van der Waals surface area contributed by atoms with Gasteiger partial charge in [-0.1, -0.05) is 6.92 Å². The van der Waals surface area contributed by atoms with Gasteiger partial charge < -0.3 is 9.47 Å². The fourth-order valence-electron chi connectivity index (χ4n) is 2.17. The maximum absolute atomic E-state index is 13.9. The molecule has 2 rings (SSSR count). The van der Waals surface area contributed by atoms with Crippen molar-refractivity contribution in [2.45, 2.75) is 31.5 Å². The number of hydrogen-bond donors (Lipinski definition) is 0. The highest BCUT2D eigenvalue weighted by Gasteiger charge is 2.60. The van der Waals surface area contributed by atoms with E-state index in [2.05, 4.69) is 0 Å². The van der Waals surface area contributed by atoms with Gasteiger partial charge in [0.15, 0.2) is 0 Å². The summed E-state index contributed by atoms with van der Waals surface area (Å²) in [5, 5.41) is 0. The molecule has 0 radical (unpaired) electrons. The number of piperidine rings is 1. The van der Waals surface area contributed by atoms with E-state index >= 15 is 0 Å². The van der Waals surface area contributed by atoms with E-state index in [1.807, 2.05) is 6.92 Å². The highest BCUT2D eigenvalue weighted by molar-refractivity contribution is 4.95. The van der Waals surface area contributed by atoms with Crippen molar-refractivity contribution in [2.24, 2.45) is 0 Å². The van der Waals surface area contributed by atoms with Crippen LogP contribution < -0.4 is 0 Å². The van der Waals surface area contributed by atoms with Gasteiger partial charge in [-0.15, -0.1) is 0 Å². The van der Waals surface area contributed by atoms with E-state index in [0.29, 0.717) is 32.7 Å². The molecule has 0 aromatic carbocycles. The Labute approximate surface area is 88.3 Å². The number of alkyl halides is 2. The van der Waals surface area contributed by atoms with Crippen molar-refractivity contribution in [3.63, 3.8) is 0 Å². The SMILES string of the molecule is CCN1CCC2(OCCCO2)C(F)(F)C1. The van der Waals surface area contributed by atoms with Gasteiger partial charge >= 0.3 is 5.92 Å². The molecule has 0 atom stereocenters. The van der Waals surface area contributed by atoms with Crippen LogP contribution in [0.15, 0.2) is 0 Å². The normalized spacial score (nSPS) is 30.6. The minimum Gasteiger partial charge on any atom is -0.345 e. The Balaban J connectivity index is 2.11.